The van der Waals surface area contributed by atoms with Crippen LogP contribution in [0.1, 0.15) is 27.2 Å². The minimum Gasteiger partial charge on any atom is -0.394 e. The second-order valence-corrected chi connectivity index (χ2v) is 4.44. The molecule has 0 aliphatic heterocycles. The lowest BCUT2D eigenvalue weighted by Gasteiger charge is -2.33. The van der Waals surface area contributed by atoms with Crippen LogP contribution >= 0.6 is 12.2 Å². The summed E-state index contributed by atoms with van der Waals surface area (Å²) < 4.78 is 0. The molecule has 4 nitrogen and oxygen atoms in total. The first-order valence-corrected chi connectivity index (χ1v) is 5.40. The molecule has 0 spiro atoms. The standard InChI is InChI=1S/C10H20N2O2S/c1-5-10(3,8(11)15)9(14)12(4)7(2)6-13/h7,13H,5-6H2,1-4H3,(H2,11,15). The average molecular weight is 232 g/mol. The third kappa shape index (κ3) is 2.89. The number of hydrogen-bond acceptors (Lipinski definition) is 3. The molecule has 88 valence electrons. The maximum atomic E-state index is 12.1. The van der Waals surface area contributed by atoms with Gasteiger partial charge in [0.05, 0.1) is 23.1 Å². The van der Waals surface area contributed by atoms with Crippen molar-refractivity contribution in [3.8, 4) is 0 Å². The van der Waals surface area contributed by atoms with Crippen LogP contribution in [-0.2, 0) is 4.79 Å². The summed E-state index contributed by atoms with van der Waals surface area (Å²) in [6.45, 7) is 5.31. The van der Waals surface area contributed by atoms with Gasteiger partial charge in [-0.05, 0) is 20.3 Å². The largest absolute Gasteiger partial charge is 0.394 e. The summed E-state index contributed by atoms with van der Waals surface area (Å²) in [5.74, 6) is -0.140. The Morgan fingerprint density at radius 3 is 2.40 bits per heavy atom. The van der Waals surface area contributed by atoms with Gasteiger partial charge in [-0.3, -0.25) is 4.79 Å². The fraction of sp³-hybridized carbons (Fsp3) is 0.800. The van der Waals surface area contributed by atoms with Gasteiger partial charge in [0.1, 0.15) is 0 Å². The smallest absolute Gasteiger partial charge is 0.235 e. The Labute approximate surface area is 96.4 Å². The van der Waals surface area contributed by atoms with Gasteiger partial charge in [-0.1, -0.05) is 19.1 Å². The molecule has 0 aromatic carbocycles. The Morgan fingerprint density at radius 1 is 1.67 bits per heavy atom. The number of nitrogens with zero attached hydrogens (tertiary/aromatic N) is 1. The molecular formula is C10H20N2O2S. The van der Waals surface area contributed by atoms with E-state index in [1.807, 2.05) is 6.92 Å². The van der Waals surface area contributed by atoms with Crippen molar-refractivity contribution in [2.45, 2.75) is 33.2 Å². The predicted molar refractivity (Wildman–Crippen MR) is 64.5 cm³/mol. The fourth-order valence-electron chi connectivity index (χ4n) is 1.14. The van der Waals surface area contributed by atoms with Crippen LogP contribution in [0.4, 0.5) is 0 Å². The monoisotopic (exact) mass is 232 g/mol. The minimum atomic E-state index is -0.812. The van der Waals surface area contributed by atoms with Gasteiger partial charge in [-0.15, -0.1) is 0 Å². The maximum Gasteiger partial charge on any atom is 0.235 e. The SMILES string of the molecule is CCC(C)(C(=O)N(C)C(C)CO)C(N)=S. The lowest BCUT2D eigenvalue weighted by molar-refractivity contribution is -0.139. The van der Waals surface area contributed by atoms with E-state index in [1.54, 1.807) is 20.9 Å². The highest BCUT2D eigenvalue weighted by Crippen LogP contribution is 2.25. The minimum absolute atomic E-state index is 0.0701. The van der Waals surface area contributed by atoms with Crippen molar-refractivity contribution in [2.24, 2.45) is 11.1 Å². The van der Waals surface area contributed by atoms with Crippen LogP contribution in [0.3, 0.4) is 0 Å². The highest BCUT2D eigenvalue weighted by molar-refractivity contribution is 7.80. The molecule has 2 atom stereocenters. The summed E-state index contributed by atoms with van der Waals surface area (Å²) in [7, 11) is 1.65. The molecule has 15 heavy (non-hydrogen) atoms. The fourth-order valence-corrected chi connectivity index (χ4v) is 1.37. The number of aliphatic hydroxyl groups is 1. The van der Waals surface area contributed by atoms with Crippen LogP contribution in [0.25, 0.3) is 0 Å². The molecule has 5 heteroatoms. The molecule has 0 aromatic heterocycles. The van der Waals surface area contributed by atoms with Crippen LogP contribution in [0.2, 0.25) is 0 Å². The van der Waals surface area contributed by atoms with Gasteiger partial charge >= 0.3 is 0 Å². The highest BCUT2D eigenvalue weighted by atomic mass is 32.1. The number of carbonyl (C=O) groups excluding carboxylic acids is 1. The molecule has 0 aliphatic rings. The summed E-state index contributed by atoms with van der Waals surface area (Å²) >= 11 is 4.92. The third-order valence-electron chi connectivity index (χ3n) is 2.97. The molecule has 0 heterocycles. The van der Waals surface area contributed by atoms with Crippen molar-refractivity contribution in [2.75, 3.05) is 13.7 Å². The molecular weight excluding hydrogens is 212 g/mol. The van der Waals surface area contributed by atoms with E-state index < -0.39 is 5.41 Å². The van der Waals surface area contributed by atoms with Crippen LogP contribution in [-0.4, -0.2) is 40.6 Å². The number of hydrogen-bond donors (Lipinski definition) is 2. The molecule has 0 aromatic rings. The van der Waals surface area contributed by atoms with Gasteiger partial charge in [-0.2, -0.15) is 0 Å². The van der Waals surface area contributed by atoms with E-state index in [4.69, 9.17) is 23.1 Å². The maximum absolute atomic E-state index is 12.1. The van der Waals surface area contributed by atoms with E-state index in [9.17, 15) is 4.79 Å². The Morgan fingerprint density at radius 2 is 2.13 bits per heavy atom. The molecule has 0 fully saturated rings. The zero-order valence-corrected chi connectivity index (χ0v) is 10.6. The van der Waals surface area contributed by atoms with Crippen molar-refractivity contribution < 1.29 is 9.90 Å². The van der Waals surface area contributed by atoms with Crippen molar-refractivity contribution in [1.82, 2.24) is 4.90 Å². The van der Waals surface area contributed by atoms with Crippen LogP contribution in [0.5, 0.6) is 0 Å². The lowest BCUT2D eigenvalue weighted by atomic mass is 9.85. The summed E-state index contributed by atoms with van der Waals surface area (Å²) in [5, 5.41) is 8.97. The second kappa shape index (κ2) is 5.42. The summed E-state index contributed by atoms with van der Waals surface area (Å²) in [6, 6.07) is -0.224. The van der Waals surface area contributed by atoms with E-state index in [0.29, 0.717) is 6.42 Å². The molecule has 2 unspecified atom stereocenters. The number of rotatable bonds is 5. The third-order valence-corrected chi connectivity index (χ3v) is 3.42. The van der Waals surface area contributed by atoms with Gasteiger partial charge in [0.25, 0.3) is 0 Å². The van der Waals surface area contributed by atoms with Gasteiger partial charge in [0, 0.05) is 7.05 Å². The normalized spacial score (nSPS) is 16.6. The number of aliphatic hydroxyl groups excluding tert-OH is 1. The predicted octanol–water partition coefficient (Wildman–Crippen LogP) is 0.528. The zero-order chi connectivity index (χ0) is 12.2. The Balaban J connectivity index is 4.89. The number of carbonyl (C=O) groups is 1. The Bertz CT molecular complexity index is 258. The quantitative estimate of drug-likeness (QED) is 0.679. The number of likely N-dealkylation sites (N-methyl/N-ethyl adjacent to an activating group) is 1. The van der Waals surface area contributed by atoms with Crippen LogP contribution < -0.4 is 5.73 Å². The van der Waals surface area contributed by atoms with E-state index >= 15 is 0 Å². The highest BCUT2D eigenvalue weighted by Gasteiger charge is 2.37. The Kier molecular flexibility index (Phi) is 5.17. The number of thiocarbonyl (C=S) groups is 1. The Hall–Kier alpha value is -0.680. The second-order valence-electron chi connectivity index (χ2n) is 4.00. The lowest BCUT2D eigenvalue weighted by Crippen LogP contribution is -2.50. The molecule has 0 saturated carbocycles. The first kappa shape index (κ1) is 14.3. The van der Waals surface area contributed by atoms with Crippen LogP contribution in [0, 0.1) is 5.41 Å². The first-order chi connectivity index (χ1) is 6.81. The van der Waals surface area contributed by atoms with E-state index in [2.05, 4.69) is 0 Å². The summed E-state index contributed by atoms with van der Waals surface area (Å²) in [6.07, 6.45) is 0.559. The van der Waals surface area contributed by atoms with Crippen molar-refractivity contribution in [3.63, 3.8) is 0 Å². The summed E-state index contributed by atoms with van der Waals surface area (Å²) in [4.78, 5) is 13.8. The number of amides is 1. The van der Waals surface area contributed by atoms with E-state index in [1.165, 1.54) is 4.90 Å². The number of nitrogens with two attached hydrogens (primary N) is 1. The van der Waals surface area contributed by atoms with Crippen molar-refractivity contribution in [1.29, 1.82) is 0 Å². The van der Waals surface area contributed by atoms with Crippen molar-refractivity contribution in [3.05, 3.63) is 0 Å². The van der Waals surface area contributed by atoms with Gasteiger partial charge in [-0.25, -0.2) is 0 Å². The molecule has 0 rings (SSSR count). The topological polar surface area (TPSA) is 66.6 Å². The average Bonchev–Trinajstić information content (AvgIpc) is 2.24. The summed E-state index contributed by atoms with van der Waals surface area (Å²) in [5.41, 5.74) is 4.77. The van der Waals surface area contributed by atoms with E-state index in [-0.39, 0.29) is 23.5 Å². The molecule has 0 bridgehead atoms. The van der Waals surface area contributed by atoms with Gasteiger partial charge in [0.2, 0.25) is 5.91 Å². The molecule has 0 aliphatic carbocycles. The molecule has 3 N–H and O–H groups in total. The van der Waals surface area contributed by atoms with E-state index in [0.717, 1.165) is 0 Å². The van der Waals surface area contributed by atoms with Gasteiger partial charge in [0.15, 0.2) is 0 Å². The molecule has 1 amide bonds. The molecule has 0 saturated heterocycles. The van der Waals surface area contributed by atoms with Crippen molar-refractivity contribution >= 4 is 23.1 Å². The first-order valence-electron chi connectivity index (χ1n) is 4.99. The van der Waals surface area contributed by atoms with Gasteiger partial charge < -0.3 is 15.7 Å². The zero-order valence-electron chi connectivity index (χ0n) is 9.78. The van der Waals surface area contributed by atoms with Crippen LogP contribution in [0.15, 0.2) is 0 Å². The molecule has 0 radical (unpaired) electrons.